The lowest BCUT2D eigenvalue weighted by atomic mass is 10.1. The van der Waals surface area contributed by atoms with Gasteiger partial charge in [0, 0.05) is 23.8 Å². The Morgan fingerprint density at radius 1 is 1.62 bits per heavy atom. The van der Waals surface area contributed by atoms with E-state index in [0.29, 0.717) is 0 Å². The molecular formula is C10H11N3. The van der Waals surface area contributed by atoms with E-state index < -0.39 is 0 Å². The van der Waals surface area contributed by atoms with Crippen LogP contribution in [0.3, 0.4) is 0 Å². The lowest BCUT2D eigenvalue weighted by Gasteiger charge is -2.02. The summed E-state index contributed by atoms with van der Waals surface area (Å²) in [6, 6.07) is 3.77. The van der Waals surface area contributed by atoms with E-state index in [-0.39, 0.29) is 6.04 Å². The van der Waals surface area contributed by atoms with Crippen LogP contribution in [0.5, 0.6) is 0 Å². The second-order valence-electron chi connectivity index (χ2n) is 2.91. The van der Waals surface area contributed by atoms with Gasteiger partial charge in [-0.05, 0) is 17.7 Å². The van der Waals surface area contributed by atoms with Crippen LogP contribution in [0.25, 0.3) is 11.0 Å². The number of aromatic nitrogens is 2. The van der Waals surface area contributed by atoms with Crippen LogP contribution in [0.1, 0.15) is 11.6 Å². The van der Waals surface area contributed by atoms with Crippen molar-refractivity contribution in [1.82, 2.24) is 9.97 Å². The molecule has 0 aliphatic heterocycles. The van der Waals surface area contributed by atoms with Gasteiger partial charge in [-0.2, -0.15) is 0 Å². The number of hydrogen-bond acceptors (Lipinski definition) is 2. The first-order valence-corrected chi connectivity index (χ1v) is 4.13. The van der Waals surface area contributed by atoms with Gasteiger partial charge in [0.2, 0.25) is 0 Å². The highest BCUT2D eigenvalue weighted by Crippen LogP contribution is 2.21. The third-order valence-electron chi connectivity index (χ3n) is 2.10. The molecule has 0 radical (unpaired) electrons. The molecule has 0 saturated heterocycles. The molecule has 2 rings (SSSR count). The molecule has 0 saturated carbocycles. The standard InChI is InChI=1S/C10H11N3/c1-2-9(11)8-6-13-10-7(8)4-3-5-12-10/h2-6,9H,1,11H2,(H,12,13)/t9-/m0/s1. The van der Waals surface area contributed by atoms with Crippen LogP contribution in [0.2, 0.25) is 0 Å². The molecule has 0 aromatic carbocycles. The van der Waals surface area contributed by atoms with Gasteiger partial charge in [0.15, 0.2) is 0 Å². The second kappa shape index (κ2) is 3.03. The zero-order valence-corrected chi connectivity index (χ0v) is 7.20. The SMILES string of the molecule is C=C[C@H](N)c1c[nH]c2ncccc12. The fourth-order valence-corrected chi connectivity index (χ4v) is 1.38. The molecule has 3 heteroatoms. The quantitative estimate of drug-likeness (QED) is 0.680. The fourth-order valence-electron chi connectivity index (χ4n) is 1.38. The van der Waals surface area contributed by atoms with E-state index >= 15 is 0 Å². The highest BCUT2D eigenvalue weighted by atomic mass is 14.8. The smallest absolute Gasteiger partial charge is 0.137 e. The van der Waals surface area contributed by atoms with E-state index in [1.807, 2.05) is 18.3 Å². The van der Waals surface area contributed by atoms with E-state index in [9.17, 15) is 0 Å². The minimum atomic E-state index is -0.127. The van der Waals surface area contributed by atoms with Gasteiger partial charge >= 0.3 is 0 Å². The van der Waals surface area contributed by atoms with Crippen LogP contribution in [0.4, 0.5) is 0 Å². The highest BCUT2D eigenvalue weighted by molar-refractivity contribution is 5.80. The van der Waals surface area contributed by atoms with Gasteiger partial charge in [-0.25, -0.2) is 4.98 Å². The van der Waals surface area contributed by atoms with Crippen molar-refractivity contribution in [3.05, 3.63) is 42.7 Å². The Bertz CT molecular complexity index is 430. The molecule has 3 nitrogen and oxygen atoms in total. The molecule has 0 amide bonds. The molecule has 0 unspecified atom stereocenters. The summed E-state index contributed by atoms with van der Waals surface area (Å²) in [5, 5.41) is 1.06. The number of nitrogens with one attached hydrogen (secondary N) is 1. The topological polar surface area (TPSA) is 54.7 Å². The first-order valence-electron chi connectivity index (χ1n) is 4.13. The maximum absolute atomic E-state index is 5.84. The zero-order valence-electron chi connectivity index (χ0n) is 7.20. The summed E-state index contributed by atoms with van der Waals surface area (Å²) in [6.45, 7) is 3.66. The highest BCUT2D eigenvalue weighted by Gasteiger charge is 2.07. The summed E-state index contributed by atoms with van der Waals surface area (Å²) in [6.07, 6.45) is 5.35. The van der Waals surface area contributed by atoms with Gasteiger partial charge < -0.3 is 10.7 Å². The van der Waals surface area contributed by atoms with Gasteiger partial charge in [-0.1, -0.05) is 6.08 Å². The lowest BCUT2D eigenvalue weighted by Crippen LogP contribution is -2.05. The fraction of sp³-hybridized carbons (Fsp3) is 0.100. The van der Waals surface area contributed by atoms with E-state index in [0.717, 1.165) is 16.6 Å². The normalized spacial score (nSPS) is 13.0. The van der Waals surface area contributed by atoms with Crippen molar-refractivity contribution in [1.29, 1.82) is 0 Å². The molecular weight excluding hydrogens is 162 g/mol. The molecule has 0 spiro atoms. The average Bonchev–Trinajstić information content (AvgIpc) is 2.60. The minimum Gasteiger partial charge on any atom is -0.346 e. The van der Waals surface area contributed by atoms with Crippen molar-refractivity contribution < 1.29 is 0 Å². The molecule has 66 valence electrons. The lowest BCUT2D eigenvalue weighted by molar-refractivity contribution is 0.924. The van der Waals surface area contributed by atoms with Crippen LogP contribution in [0, 0.1) is 0 Å². The first-order chi connectivity index (χ1) is 6.33. The van der Waals surface area contributed by atoms with Gasteiger partial charge in [-0.3, -0.25) is 0 Å². The maximum atomic E-state index is 5.84. The summed E-state index contributed by atoms with van der Waals surface area (Å²) in [4.78, 5) is 7.24. The van der Waals surface area contributed by atoms with E-state index in [1.165, 1.54) is 0 Å². The van der Waals surface area contributed by atoms with Crippen molar-refractivity contribution >= 4 is 11.0 Å². The van der Waals surface area contributed by atoms with Gasteiger partial charge in [0.05, 0.1) is 0 Å². The van der Waals surface area contributed by atoms with Gasteiger partial charge in [-0.15, -0.1) is 6.58 Å². The average molecular weight is 173 g/mol. The molecule has 13 heavy (non-hydrogen) atoms. The Morgan fingerprint density at radius 2 is 2.46 bits per heavy atom. The summed E-state index contributed by atoms with van der Waals surface area (Å²) < 4.78 is 0. The molecule has 2 aromatic rings. The summed E-state index contributed by atoms with van der Waals surface area (Å²) >= 11 is 0. The van der Waals surface area contributed by atoms with E-state index in [4.69, 9.17) is 5.73 Å². The third kappa shape index (κ3) is 1.23. The molecule has 0 aliphatic carbocycles. The number of H-pyrrole nitrogens is 1. The predicted molar refractivity (Wildman–Crippen MR) is 53.2 cm³/mol. The Labute approximate surface area is 76.3 Å². The molecule has 3 N–H and O–H groups in total. The predicted octanol–water partition coefficient (Wildman–Crippen LogP) is 1.75. The number of aromatic amines is 1. The number of pyridine rings is 1. The van der Waals surface area contributed by atoms with Crippen molar-refractivity contribution in [3.63, 3.8) is 0 Å². The number of fused-ring (bicyclic) bond motifs is 1. The number of nitrogens with zero attached hydrogens (tertiary/aromatic N) is 1. The summed E-state index contributed by atoms with van der Waals surface area (Å²) in [7, 11) is 0. The van der Waals surface area contributed by atoms with Crippen molar-refractivity contribution in [2.24, 2.45) is 5.73 Å². The summed E-state index contributed by atoms with van der Waals surface area (Å²) in [5.41, 5.74) is 7.75. The van der Waals surface area contributed by atoms with E-state index in [1.54, 1.807) is 12.3 Å². The Kier molecular flexibility index (Phi) is 1.87. The van der Waals surface area contributed by atoms with Crippen molar-refractivity contribution in [2.75, 3.05) is 0 Å². The van der Waals surface area contributed by atoms with Crippen LogP contribution < -0.4 is 5.73 Å². The third-order valence-corrected chi connectivity index (χ3v) is 2.10. The number of nitrogens with two attached hydrogens (primary N) is 1. The second-order valence-corrected chi connectivity index (χ2v) is 2.91. The van der Waals surface area contributed by atoms with Crippen LogP contribution in [-0.4, -0.2) is 9.97 Å². The van der Waals surface area contributed by atoms with Crippen molar-refractivity contribution in [2.45, 2.75) is 6.04 Å². The maximum Gasteiger partial charge on any atom is 0.137 e. The molecule has 0 aliphatic rings. The van der Waals surface area contributed by atoms with E-state index in [2.05, 4.69) is 16.5 Å². The Morgan fingerprint density at radius 3 is 3.23 bits per heavy atom. The molecule has 1 atom stereocenters. The van der Waals surface area contributed by atoms with Crippen LogP contribution in [0.15, 0.2) is 37.2 Å². The number of hydrogen-bond donors (Lipinski definition) is 2. The van der Waals surface area contributed by atoms with Gasteiger partial charge in [0.25, 0.3) is 0 Å². The first kappa shape index (κ1) is 8.01. The van der Waals surface area contributed by atoms with Gasteiger partial charge in [0.1, 0.15) is 5.65 Å². The molecule has 0 fully saturated rings. The number of rotatable bonds is 2. The minimum absolute atomic E-state index is 0.127. The van der Waals surface area contributed by atoms with Crippen molar-refractivity contribution in [3.8, 4) is 0 Å². The zero-order chi connectivity index (χ0) is 9.26. The van der Waals surface area contributed by atoms with Crippen LogP contribution >= 0.6 is 0 Å². The Balaban J connectivity index is 2.64. The molecule has 0 bridgehead atoms. The monoisotopic (exact) mass is 173 g/mol. The molecule has 2 heterocycles. The largest absolute Gasteiger partial charge is 0.346 e. The summed E-state index contributed by atoms with van der Waals surface area (Å²) in [5.74, 6) is 0. The molecule has 2 aromatic heterocycles. The van der Waals surface area contributed by atoms with Crippen LogP contribution in [-0.2, 0) is 0 Å². The Hall–Kier alpha value is -1.61.